The summed E-state index contributed by atoms with van der Waals surface area (Å²) in [5, 5.41) is 2.82. The van der Waals surface area contributed by atoms with Crippen LogP contribution < -0.4 is 14.4 Å². The lowest BCUT2D eigenvalue weighted by molar-refractivity contribution is -0.140. The molecular formula is C31H39N3O5S2. The number of nitrogens with one attached hydrogen (secondary N) is 1. The van der Waals surface area contributed by atoms with Crippen LogP contribution in [0.15, 0.2) is 82.6 Å². The number of nitrogens with zero attached hydrogens (tertiary/aromatic N) is 2. The molecule has 0 fully saturated rings. The van der Waals surface area contributed by atoms with Crippen LogP contribution in [-0.2, 0) is 26.2 Å². The van der Waals surface area contributed by atoms with E-state index in [9.17, 15) is 18.0 Å². The monoisotopic (exact) mass is 597 g/mol. The van der Waals surface area contributed by atoms with Gasteiger partial charge in [0.05, 0.1) is 17.2 Å². The van der Waals surface area contributed by atoms with Crippen LogP contribution in [0.3, 0.4) is 0 Å². The van der Waals surface area contributed by atoms with Gasteiger partial charge in [-0.25, -0.2) is 8.42 Å². The summed E-state index contributed by atoms with van der Waals surface area (Å²) in [5.41, 5.74) is 2.15. The lowest BCUT2D eigenvalue weighted by Gasteiger charge is -2.33. The van der Waals surface area contributed by atoms with Gasteiger partial charge in [0.2, 0.25) is 11.8 Å². The summed E-state index contributed by atoms with van der Waals surface area (Å²) in [5.74, 6) is -0.445. The fourth-order valence-corrected chi connectivity index (χ4v) is 6.26. The molecule has 0 spiro atoms. The Morgan fingerprint density at radius 2 is 1.61 bits per heavy atom. The number of rotatable bonds is 14. The molecule has 3 aromatic carbocycles. The van der Waals surface area contributed by atoms with Crippen molar-refractivity contribution in [1.29, 1.82) is 0 Å². The SMILES string of the molecule is CCNC(=O)C(CC)N(Cc1ccc(C)cc1)C(=O)CN(c1ccccc1OCC)S(=O)(=O)c1ccc(SC)cc1. The number of anilines is 1. The van der Waals surface area contributed by atoms with Crippen molar-refractivity contribution in [2.45, 2.75) is 56.5 Å². The number of aryl methyl sites for hydroxylation is 1. The number of benzene rings is 3. The van der Waals surface area contributed by atoms with Crippen molar-refractivity contribution in [3.05, 3.63) is 83.9 Å². The van der Waals surface area contributed by atoms with Crippen LogP contribution in [0.25, 0.3) is 0 Å². The Bertz CT molecular complexity index is 1410. The zero-order valence-electron chi connectivity index (χ0n) is 24.3. The number of thioether (sulfide) groups is 1. The first kappa shape index (κ1) is 32.0. The molecule has 0 radical (unpaired) electrons. The van der Waals surface area contributed by atoms with Gasteiger partial charge in [-0.2, -0.15) is 0 Å². The van der Waals surface area contributed by atoms with Crippen LogP contribution in [0.2, 0.25) is 0 Å². The minimum atomic E-state index is -4.19. The average Bonchev–Trinajstić information content (AvgIpc) is 2.97. The first-order valence-corrected chi connectivity index (χ1v) is 16.3. The van der Waals surface area contributed by atoms with Crippen molar-refractivity contribution in [2.24, 2.45) is 0 Å². The van der Waals surface area contributed by atoms with Crippen molar-refractivity contribution in [1.82, 2.24) is 10.2 Å². The summed E-state index contributed by atoms with van der Waals surface area (Å²) in [6.45, 7) is 7.80. The molecule has 0 aliphatic carbocycles. The molecule has 0 aliphatic heterocycles. The van der Waals surface area contributed by atoms with E-state index < -0.39 is 28.5 Å². The van der Waals surface area contributed by atoms with Gasteiger partial charge < -0.3 is 15.0 Å². The molecule has 0 aromatic heterocycles. The van der Waals surface area contributed by atoms with Gasteiger partial charge in [-0.15, -0.1) is 11.8 Å². The second kappa shape index (κ2) is 14.9. The summed E-state index contributed by atoms with van der Waals surface area (Å²) in [4.78, 5) is 29.7. The molecule has 0 aliphatic rings. The Morgan fingerprint density at radius 3 is 2.20 bits per heavy atom. The Kier molecular flexibility index (Phi) is 11.7. The van der Waals surface area contributed by atoms with Crippen LogP contribution in [0.4, 0.5) is 5.69 Å². The summed E-state index contributed by atoms with van der Waals surface area (Å²) >= 11 is 1.50. The Morgan fingerprint density at radius 1 is 0.951 bits per heavy atom. The molecule has 1 N–H and O–H groups in total. The zero-order chi connectivity index (χ0) is 30.0. The number of hydrogen-bond donors (Lipinski definition) is 1. The summed E-state index contributed by atoms with van der Waals surface area (Å²) in [6, 6.07) is 20.2. The maximum Gasteiger partial charge on any atom is 0.264 e. The lowest BCUT2D eigenvalue weighted by atomic mass is 10.1. The van der Waals surface area contributed by atoms with Gasteiger partial charge in [-0.3, -0.25) is 13.9 Å². The van der Waals surface area contributed by atoms with Gasteiger partial charge >= 0.3 is 0 Å². The minimum absolute atomic E-state index is 0.0512. The van der Waals surface area contributed by atoms with Gasteiger partial charge in [-0.1, -0.05) is 48.9 Å². The van der Waals surface area contributed by atoms with Gasteiger partial charge in [-0.05, 0) is 75.4 Å². The second-order valence-electron chi connectivity index (χ2n) is 9.41. The second-order valence-corrected chi connectivity index (χ2v) is 12.2. The van der Waals surface area contributed by atoms with Crippen LogP contribution in [0, 0.1) is 6.92 Å². The number of para-hydroxylation sites is 2. The highest BCUT2D eigenvalue weighted by Crippen LogP contribution is 2.33. The van der Waals surface area contributed by atoms with E-state index in [1.54, 1.807) is 36.4 Å². The third kappa shape index (κ3) is 8.04. The fourth-order valence-electron chi connectivity index (χ4n) is 4.43. The third-order valence-corrected chi connectivity index (χ3v) is 9.09. The predicted octanol–water partition coefficient (Wildman–Crippen LogP) is 5.25. The largest absolute Gasteiger partial charge is 0.492 e. The predicted molar refractivity (Wildman–Crippen MR) is 165 cm³/mol. The fraction of sp³-hybridized carbons (Fsp3) is 0.355. The summed E-state index contributed by atoms with van der Waals surface area (Å²) < 4.78 is 35.1. The maximum absolute atomic E-state index is 14.2. The highest BCUT2D eigenvalue weighted by molar-refractivity contribution is 7.98. The van der Waals surface area contributed by atoms with E-state index in [1.165, 1.54) is 28.8 Å². The zero-order valence-corrected chi connectivity index (χ0v) is 25.9. The molecule has 220 valence electrons. The van der Waals surface area contributed by atoms with Crippen LogP contribution in [0.1, 0.15) is 38.3 Å². The topological polar surface area (TPSA) is 96.0 Å². The summed E-state index contributed by atoms with van der Waals surface area (Å²) in [6.07, 6.45) is 2.27. The number of hydrogen-bond acceptors (Lipinski definition) is 6. The third-order valence-electron chi connectivity index (χ3n) is 6.57. The van der Waals surface area contributed by atoms with E-state index in [0.717, 1.165) is 20.3 Å². The summed E-state index contributed by atoms with van der Waals surface area (Å²) in [7, 11) is -4.19. The van der Waals surface area contributed by atoms with Crippen molar-refractivity contribution >= 4 is 39.3 Å². The molecule has 10 heteroatoms. The molecular weight excluding hydrogens is 558 g/mol. The number of ether oxygens (including phenoxy) is 1. The molecule has 41 heavy (non-hydrogen) atoms. The first-order valence-electron chi connectivity index (χ1n) is 13.7. The van der Waals surface area contributed by atoms with E-state index >= 15 is 0 Å². The van der Waals surface area contributed by atoms with Crippen molar-refractivity contribution in [3.8, 4) is 5.75 Å². The first-order chi connectivity index (χ1) is 19.7. The maximum atomic E-state index is 14.2. The number of carbonyl (C=O) groups is 2. The van der Waals surface area contributed by atoms with Gasteiger partial charge in [0.25, 0.3) is 10.0 Å². The Hall–Kier alpha value is -3.50. The van der Waals surface area contributed by atoms with E-state index in [0.29, 0.717) is 25.3 Å². The molecule has 2 amide bonds. The standard InChI is InChI=1S/C31H39N3O5S2/c1-6-27(31(36)32-7-2)33(21-24-15-13-23(4)14-16-24)30(35)22-34(28-11-9-10-12-29(28)39-8-3)41(37,38)26-19-17-25(40-5)18-20-26/h9-20,27H,6-8,21-22H2,1-5H3,(H,32,36). The molecule has 0 heterocycles. The average molecular weight is 598 g/mol. The highest BCUT2D eigenvalue weighted by atomic mass is 32.2. The van der Waals surface area contributed by atoms with E-state index in [1.807, 2.05) is 58.2 Å². The minimum Gasteiger partial charge on any atom is -0.492 e. The number of sulfonamides is 1. The Balaban J connectivity index is 2.11. The van der Waals surface area contributed by atoms with E-state index in [2.05, 4.69) is 5.32 Å². The van der Waals surface area contributed by atoms with Crippen molar-refractivity contribution < 1.29 is 22.7 Å². The highest BCUT2D eigenvalue weighted by Gasteiger charge is 2.34. The lowest BCUT2D eigenvalue weighted by Crippen LogP contribution is -2.52. The number of amides is 2. The van der Waals surface area contributed by atoms with E-state index in [4.69, 9.17) is 4.74 Å². The van der Waals surface area contributed by atoms with Gasteiger partial charge in [0.15, 0.2) is 0 Å². The molecule has 1 unspecified atom stereocenters. The van der Waals surface area contributed by atoms with Crippen LogP contribution >= 0.6 is 11.8 Å². The smallest absolute Gasteiger partial charge is 0.264 e. The molecule has 0 saturated carbocycles. The normalized spacial score (nSPS) is 11.9. The molecule has 0 saturated heterocycles. The number of likely N-dealkylation sites (N-methyl/N-ethyl adjacent to an activating group) is 1. The van der Waals surface area contributed by atoms with Crippen molar-refractivity contribution in [2.75, 3.05) is 30.3 Å². The molecule has 1 atom stereocenters. The molecule has 3 aromatic rings. The molecule has 8 nitrogen and oxygen atoms in total. The quantitative estimate of drug-likeness (QED) is 0.255. The van der Waals surface area contributed by atoms with Gasteiger partial charge in [0.1, 0.15) is 18.3 Å². The van der Waals surface area contributed by atoms with Crippen LogP contribution in [-0.4, -0.2) is 57.1 Å². The Labute approximate surface area is 248 Å². The van der Waals surface area contributed by atoms with Crippen LogP contribution in [0.5, 0.6) is 5.75 Å². The molecule has 0 bridgehead atoms. The van der Waals surface area contributed by atoms with Crippen molar-refractivity contribution in [3.63, 3.8) is 0 Å². The van der Waals surface area contributed by atoms with Gasteiger partial charge in [0, 0.05) is 18.0 Å². The van der Waals surface area contributed by atoms with E-state index in [-0.39, 0.29) is 23.0 Å². The molecule has 3 rings (SSSR count). The number of carbonyl (C=O) groups excluding carboxylic acids is 2.